The first-order valence-electron chi connectivity index (χ1n) is 8.77. The summed E-state index contributed by atoms with van der Waals surface area (Å²) in [6, 6.07) is 9.98. The molecule has 6 heteroatoms. The van der Waals surface area contributed by atoms with E-state index in [0.29, 0.717) is 30.0 Å². The van der Waals surface area contributed by atoms with Gasteiger partial charge in [-0.1, -0.05) is 52.0 Å². The van der Waals surface area contributed by atoms with Crippen LogP contribution in [0, 0.1) is 5.92 Å². The monoisotopic (exact) mass is 377 g/mol. The van der Waals surface area contributed by atoms with Crippen LogP contribution in [0.1, 0.15) is 45.6 Å². The standard InChI is InChI=1S/C20H27N3O2.ClH/c1-14(2)10-12-23(13-19(24)25)18-9-11-21-20(22-18)17-7-5-16(6-8-17)15(3)4;/h5-9,11,14-15H,10,12-13H2,1-4H3,(H,24,25);1H. The van der Waals surface area contributed by atoms with Crippen molar-refractivity contribution in [2.24, 2.45) is 5.92 Å². The van der Waals surface area contributed by atoms with E-state index in [0.717, 1.165) is 12.0 Å². The Labute approximate surface area is 161 Å². The molecule has 0 aliphatic rings. The molecule has 1 N–H and O–H groups in total. The molecule has 0 saturated carbocycles. The maximum absolute atomic E-state index is 11.2. The van der Waals surface area contributed by atoms with Crippen LogP contribution in [-0.4, -0.2) is 34.1 Å². The third-order valence-corrected chi connectivity index (χ3v) is 4.10. The quantitative estimate of drug-likeness (QED) is 0.726. The van der Waals surface area contributed by atoms with Crippen molar-refractivity contribution in [2.75, 3.05) is 18.0 Å². The summed E-state index contributed by atoms with van der Waals surface area (Å²) in [7, 11) is 0. The molecule has 2 rings (SSSR count). The maximum Gasteiger partial charge on any atom is 0.323 e. The number of nitrogens with zero attached hydrogens (tertiary/aromatic N) is 3. The number of carboxylic acids is 1. The van der Waals surface area contributed by atoms with Crippen molar-refractivity contribution in [1.29, 1.82) is 0 Å². The fraction of sp³-hybridized carbons (Fsp3) is 0.450. The number of halogens is 1. The molecule has 2 aromatic rings. The Morgan fingerprint density at radius 3 is 2.31 bits per heavy atom. The van der Waals surface area contributed by atoms with Gasteiger partial charge in [0.1, 0.15) is 12.4 Å². The fourth-order valence-electron chi connectivity index (χ4n) is 2.53. The predicted molar refractivity (Wildman–Crippen MR) is 108 cm³/mol. The molecule has 0 bridgehead atoms. The molecular weight excluding hydrogens is 350 g/mol. The van der Waals surface area contributed by atoms with Gasteiger partial charge in [-0.25, -0.2) is 9.97 Å². The summed E-state index contributed by atoms with van der Waals surface area (Å²) >= 11 is 0. The number of aliphatic carboxylic acids is 1. The Morgan fingerprint density at radius 2 is 1.77 bits per heavy atom. The molecule has 1 heterocycles. The molecule has 1 aromatic carbocycles. The van der Waals surface area contributed by atoms with Gasteiger partial charge in [0.2, 0.25) is 0 Å². The molecule has 5 nitrogen and oxygen atoms in total. The normalized spacial score (nSPS) is 10.7. The fourth-order valence-corrected chi connectivity index (χ4v) is 2.53. The van der Waals surface area contributed by atoms with Gasteiger partial charge in [-0.05, 0) is 29.9 Å². The van der Waals surface area contributed by atoms with Gasteiger partial charge in [0.25, 0.3) is 0 Å². The number of rotatable bonds is 8. The molecule has 0 saturated heterocycles. The molecule has 142 valence electrons. The van der Waals surface area contributed by atoms with Crippen LogP contribution in [0.4, 0.5) is 5.82 Å². The highest BCUT2D eigenvalue weighted by Gasteiger charge is 2.14. The average Bonchev–Trinajstić information content (AvgIpc) is 2.58. The van der Waals surface area contributed by atoms with Crippen molar-refractivity contribution >= 4 is 24.2 Å². The van der Waals surface area contributed by atoms with Gasteiger partial charge in [0.05, 0.1) is 0 Å². The van der Waals surface area contributed by atoms with Crippen LogP contribution >= 0.6 is 12.4 Å². The summed E-state index contributed by atoms with van der Waals surface area (Å²) in [5, 5.41) is 9.19. The van der Waals surface area contributed by atoms with E-state index in [-0.39, 0.29) is 19.0 Å². The van der Waals surface area contributed by atoms with Crippen LogP contribution in [0.2, 0.25) is 0 Å². The van der Waals surface area contributed by atoms with Crippen LogP contribution in [0.5, 0.6) is 0 Å². The van der Waals surface area contributed by atoms with Crippen LogP contribution in [-0.2, 0) is 4.79 Å². The van der Waals surface area contributed by atoms with Gasteiger partial charge in [-0.3, -0.25) is 4.79 Å². The second kappa shape index (κ2) is 10.1. The molecule has 1 aromatic heterocycles. The first-order valence-corrected chi connectivity index (χ1v) is 8.77. The molecule has 0 amide bonds. The molecule has 0 atom stereocenters. The lowest BCUT2D eigenvalue weighted by Crippen LogP contribution is -2.32. The maximum atomic E-state index is 11.2. The van der Waals surface area contributed by atoms with E-state index in [1.807, 2.05) is 12.1 Å². The van der Waals surface area contributed by atoms with Gasteiger partial charge >= 0.3 is 5.97 Å². The van der Waals surface area contributed by atoms with Crippen LogP contribution in [0.25, 0.3) is 11.4 Å². The van der Waals surface area contributed by atoms with Gasteiger partial charge < -0.3 is 10.0 Å². The lowest BCUT2D eigenvalue weighted by Gasteiger charge is -2.23. The van der Waals surface area contributed by atoms with Crippen molar-refractivity contribution in [3.8, 4) is 11.4 Å². The van der Waals surface area contributed by atoms with Crippen molar-refractivity contribution in [3.05, 3.63) is 42.1 Å². The molecular formula is C20H28ClN3O2. The van der Waals surface area contributed by atoms with E-state index in [2.05, 4.69) is 49.8 Å². The summed E-state index contributed by atoms with van der Waals surface area (Å²) in [6.07, 6.45) is 2.61. The Kier molecular flexibility index (Phi) is 8.52. The van der Waals surface area contributed by atoms with E-state index >= 15 is 0 Å². The van der Waals surface area contributed by atoms with Crippen molar-refractivity contribution in [3.63, 3.8) is 0 Å². The van der Waals surface area contributed by atoms with E-state index < -0.39 is 5.97 Å². The minimum absolute atomic E-state index is 0. The highest BCUT2D eigenvalue weighted by Crippen LogP contribution is 2.22. The Balaban J connectivity index is 0.00000338. The number of hydrogen-bond acceptors (Lipinski definition) is 4. The Bertz CT molecular complexity index is 702. The highest BCUT2D eigenvalue weighted by atomic mass is 35.5. The van der Waals surface area contributed by atoms with Gasteiger partial charge in [0, 0.05) is 18.3 Å². The number of benzene rings is 1. The lowest BCUT2D eigenvalue weighted by molar-refractivity contribution is -0.135. The van der Waals surface area contributed by atoms with Gasteiger partial charge in [-0.2, -0.15) is 0 Å². The topological polar surface area (TPSA) is 66.3 Å². The second-order valence-electron chi connectivity index (χ2n) is 7.01. The number of carbonyl (C=O) groups is 1. The highest BCUT2D eigenvalue weighted by molar-refractivity contribution is 5.85. The smallest absolute Gasteiger partial charge is 0.323 e. The largest absolute Gasteiger partial charge is 0.480 e. The molecule has 0 aliphatic heterocycles. The molecule has 0 aliphatic carbocycles. The zero-order valence-corrected chi connectivity index (χ0v) is 16.7. The first-order chi connectivity index (χ1) is 11.9. The second-order valence-corrected chi connectivity index (χ2v) is 7.01. The molecule has 0 spiro atoms. The van der Waals surface area contributed by atoms with E-state index in [4.69, 9.17) is 0 Å². The van der Waals surface area contributed by atoms with E-state index in [9.17, 15) is 9.90 Å². The van der Waals surface area contributed by atoms with Crippen molar-refractivity contribution in [2.45, 2.75) is 40.0 Å². The Hall–Kier alpha value is -2.14. The molecule has 26 heavy (non-hydrogen) atoms. The predicted octanol–water partition coefficient (Wildman–Crippen LogP) is 4.63. The van der Waals surface area contributed by atoms with Gasteiger partial charge in [-0.15, -0.1) is 12.4 Å². The summed E-state index contributed by atoms with van der Waals surface area (Å²) < 4.78 is 0. The number of hydrogen-bond donors (Lipinski definition) is 1. The minimum atomic E-state index is -0.856. The summed E-state index contributed by atoms with van der Waals surface area (Å²) in [5.74, 6) is 1.39. The third-order valence-electron chi connectivity index (χ3n) is 4.10. The third kappa shape index (κ3) is 6.30. The van der Waals surface area contributed by atoms with Crippen molar-refractivity contribution in [1.82, 2.24) is 9.97 Å². The summed E-state index contributed by atoms with van der Waals surface area (Å²) in [4.78, 5) is 22.0. The summed E-state index contributed by atoms with van der Waals surface area (Å²) in [6.45, 7) is 9.17. The first kappa shape index (κ1) is 21.9. The number of anilines is 1. The van der Waals surface area contributed by atoms with Crippen LogP contribution in [0.3, 0.4) is 0 Å². The molecule has 0 unspecified atom stereocenters. The van der Waals surface area contributed by atoms with E-state index in [1.54, 1.807) is 17.2 Å². The Morgan fingerprint density at radius 1 is 1.12 bits per heavy atom. The number of aromatic nitrogens is 2. The minimum Gasteiger partial charge on any atom is -0.480 e. The zero-order valence-electron chi connectivity index (χ0n) is 15.8. The van der Waals surface area contributed by atoms with E-state index in [1.165, 1.54) is 5.56 Å². The lowest BCUT2D eigenvalue weighted by atomic mass is 10.0. The van der Waals surface area contributed by atoms with Crippen LogP contribution in [0.15, 0.2) is 36.5 Å². The molecule has 0 radical (unpaired) electrons. The molecule has 0 fully saturated rings. The SMILES string of the molecule is CC(C)CCN(CC(=O)O)c1ccnc(-c2ccc(C(C)C)cc2)n1.Cl. The zero-order chi connectivity index (χ0) is 18.4. The average molecular weight is 378 g/mol. The number of carboxylic acid groups (broad SMARTS) is 1. The van der Waals surface area contributed by atoms with Crippen molar-refractivity contribution < 1.29 is 9.90 Å². The van der Waals surface area contributed by atoms with Crippen LogP contribution < -0.4 is 4.90 Å². The van der Waals surface area contributed by atoms with Gasteiger partial charge in [0.15, 0.2) is 5.82 Å². The summed E-state index contributed by atoms with van der Waals surface area (Å²) in [5.41, 5.74) is 2.20.